The molecule has 1 heterocycles. The molecule has 35 heavy (non-hydrogen) atoms. The van der Waals surface area contributed by atoms with E-state index in [1.807, 2.05) is 25.1 Å². The second kappa shape index (κ2) is 11.0. The van der Waals surface area contributed by atoms with Crippen LogP contribution in [0.1, 0.15) is 44.6 Å². The number of ether oxygens (including phenoxy) is 2. The summed E-state index contributed by atoms with van der Waals surface area (Å²) in [5.74, 6) is -0.403. The fraction of sp³-hybridized carbons (Fsp3) is 0.321. The van der Waals surface area contributed by atoms with Gasteiger partial charge in [0.2, 0.25) is 0 Å². The third-order valence-electron chi connectivity index (χ3n) is 6.39. The van der Waals surface area contributed by atoms with Crippen LogP contribution in [0.4, 0.5) is 5.69 Å². The van der Waals surface area contributed by atoms with Crippen LogP contribution in [0.3, 0.4) is 0 Å². The summed E-state index contributed by atoms with van der Waals surface area (Å²) in [6, 6.07) is 16.3. The summed E-state index contributed by atoms with van der Waals surface area (Å²) in [6.45, 7) is 1.69. The Labute approximate surface area is 205 Å². The molecule has 2 aliphatic rings. The van der Waals surface area contributed by atoms with Gasteiger partial charge in [-0.2, -0.15) is 0 Å². The van der Waals surface area contributed by atoms with Crippen LogP contribution in [-0.4, -0.2) is 42.4 Å². The molecule has 7 nitrogen and oxygen atoms in total. The first-order valence-electron chi connectivity index (χ1n) is 11.9. The Balaban J connectivity index is 1.47. The van der Waals surface area contributed by atoms with E-state index >= 15 is 0 Å². The van der Waals surface area contributed by atoms with Crippen LogP contribution in [0.2, 0.25) is 0 Å². The Bertz CT molecular complexity index is 1150. The Hall–Kier alpha value is -3.87. The number of nitrogens with zero attached hydrogens (tertiary/aromatic N) is 1. The molecule has 2 aromatic rings. The molecule has 2 amide bonds. The van der Waals surface area contributed by atoms with Crippen LogP contribution >= 0.6 is 0 Å². The van der Waals surface area contributed by atoms with Gasteiger partial charge in [-0.3, -0.25) is 9.59 Å². The molecule has 1 aliphatic heterocycles. The number of methoxy groups -OCH3 is 1. The van der Waals surface area contributed by atoms with Crippen molar-refractivity contribution in [2.24, 2.45) is 0 Å². The fourth-order valence-electron chi connectivity index (χ4n) is 4.67. The van der Waals surface area contributed by atoms with E-state index < -0.39 is 5.97 Å². The SMILES string of the molecule is COC(=O)C1=C(C)N(C2CCCCC2)C(=O)/C1=C\c1ccc(OCC(=O)Nc2ccccc2)cc1. The lowest BCUT2D eigenvalue weighted by Gasteiger charge is -2.32. The number of carbonyl (C=O) groups excluding carboxylic acids is 3. The van der Waals surface area contributed by atoms with Crippen LogP contribution in [0.15, 0.2) is 71.4 Å². The van der Waals surface area contributed by atoms with Crippen LogP contribution in [0, 0.1) is 0 Å². The van der Waals surface area contributed by atoms with Crippen LogP contribution in [-0.2, 0) is 19.1 Å². The van der Waals surface area contributed by atoms with Gasteiger partial charge in [0.1, 0.15) is 5.75 Å². The monoisotopic (exact) mass is 474 g/mol. The highest BCUT2D eigenvalue weighted by atomic mass is 16.5. The van der Waals surface area contributed by atoms with E-state index in [2.05, 4.69) is 5.32 Å². The maximum absolute atomic E-state index is 13.4. The van der Waals surface area contributed by atoms with Gasteiger partial charge in [-0.05, 0) is 55.7 Å². The van der Waals surface area contributed by atoms with E-state index in [1.165, 1.54) is 13.5 Å². The molecule has 0 spiro atoms. The molecule has 182 valence electrons. The Morgan fingerprint density at radius 2 is 1.71 bits per heavy atom. The number of benzene rings is 2. The average molecular weight is 475 g/mol. The highest BCUT2D eigenvalue weighted by Crippen LogP contribution is 2.37. The first kappa shape index (κ1) is 24.3. The van der Waals surface area contributed by atoms with Crippen molar-refractivity contribution in [3.05, 3.63) is 77.0 Å². The number of carbonyl (C=O) groups is 3. The zero-order chi connectivity index (χ0) is 24.8. The van der Waals surface area contributed by atoms with Gasteiger partial charge in [0.25, 0.3) is 11.8 Å². The summed E-state index contributed by atoms with van der Waals surface area (Å²) >= 11 is 0. The maximum Gasteiger partial charge on any atom is 0.340 e. The number of nitrogens with one attached hydrogen (secondary N) is 1. The third-order valence-corrected chi connectivity index (χ3v) is 6.39. The standard InChI is InChI=1S/C28H30N2O5/c1-19-26(28(33)34-2)24(27(32)30(19)22-11-7-4-8-12-22)17-20-13-15-23(16-14-20)35-18-25(31)29-21-9-5-3-6-10-21/h3,5-6,9-10,13-17,22H,4,7-8,11-12,18H2,1-2H3,(H,29,31)/b24-17-. The van der Waals surface area contributed by atoms with Gasteiger partial charge in [0.15, 0.2) is 6.61 Å². The zero-order valence-corrected chi connectivity index (χ0v) is 20.1. The van der Waals surface area contributed by atoms with Crippen molar-refractivity contribution >= 4 is 29.5 Å². The van der Waals surface area contributed by atoms with Crippen molar-refractivity contribution in [1.29, 1.82) is 0 Å². The second-order valence-corrected chi connectivity index (χ2v) is 8.75. The van der Waals surface area contributed by atoms with E-state index in [0.717, 1.165) is 31.2 Å². The van der Waals surface area contributed by atoms with Gasteiger partial charge in [0, 0.05) is 17.4 Å². The van der Waals surface area contributed by atoms with Gasteiger partial charge < -0.3 is 19.7 Å². The predicted molar refractivity (Wildman–Crippen MR) is 133 cm³/mol. The molecule has 0 atom stereocenters. The van der Waals surface area contributed by atoms with Gasteiger partial charge >= 0.3 is 5.97 Å². The molecule has 0 saturated heterocycles. The summed E-state index contributed by atoms with van der Waals surface area (Å²) in [7, 11) is 1.33. The minimum absolute atomic E-state index is 0.111. The summed E-state index contributed by atoms with van der Waals surface area (Å²) in [6.07, 6.45) is 6.94. The average Bonchev–Trinajstić information content (AvgIpc) is 3.13. The summed E-state index contributed by atoms with van der Waals surface area (Å²) in [4.78, 5) is 39.8. The molecule has 1 saturated carbocycles. The Morgan fingerprint density at radius 1 is 1.03 bits per heavy atom. The van der Waals surface area contributed by atoms with E-state index in [-0.39, 0.29) is 24.5 Å². The first-order chi connectivity index (χ1) is 17.0. The number of para-hydroxylation sites is 1. The molecule has 1 N–H and O–H groups in total. The number of anilines is 1. The molecule has 1 aliphatic carbocycles. The number of rotatable bonds is 7. The van der Waals surface area contributed by atoms with Crippen LogP contribution < -0.4 is 10.1 Å². The Kier molecular flexibility index (Phi) is 7.65. The maximum atomic E-state index is 13.4. The molecular formula is C28H30N2O5. The van der Waals surface area contributed by atoms with Gasteiger partial charge in [-0.15, -0.1) is 0 Å². The topological polar surface area (TPSA) is 84.9 Å². The van der Waals surface area contributed by atoms with Gasteiger partial charge in [-0.25, -0.2) is 4.79 Å². The van der Waals surface area contributed by atoms with Gasteiger partial charge in [-0.1, -0.05) is 49.6 Å². The highest BCUT2D eigenvalue weighted by Gasteiger charge is 2.40. The van der Waals surface area contributed by atoms with Crippen LogP contribution in [0.5, 0.6) is 5.75 Å². The lowest BCUT2D eigenvalue weighted by atomic mass is 9.94. The molecule has 7 heteroatoms. The largest absolute Gasteiger partial charge is 0.484 e. The minimum Gasteiger partial charge on any atom is -0.484 e. The summed E-state index contributed by atoms with van der Waals surface area (Å²) in [5.41, 5.74) is 2.77. The number of allylic oxidation sites excluding steroid dienone is 1. The smallest absolute Gasteiger partial charge is 0.340 e. The van der Waals surface area contributed by atoms with E-state index in [9.17, 15) is 14.4 Å². The quantitative estimate of drug-likeness (QED) is 0.464. The number of esters is 1. The van der Waals surface area contributed by atoms with Crippen molar-refractivity contribution in [1.82, 2.24) is 4.90 Å². The summed E-state index contributed by atoms with van der Waals surface area (Å²) in [5, 5.41) is 2.77. The van der Waals surface area contributed by atoms with Crippen molar-refractivity contribution in [3.8, 4) is 5.75 Å². The lowest BCUT2D eigenvalue weighted by molar-refractivity contribution is -0.136. The van der Waals surface area contributed by atoms with E-state index in [0.29, 0.717) is 28.3 Å². The number of amides is 2. The highest BCUT2D eigenvalue weighted by molar-refractivity contribution is 6.16. The van der Waals surface area contributed by atoms with Crippen LogP contribution in [0.25, 0.3) is 6.08 Å². The number of hydrogen-bond donors (Lipinski definition) is 1. The predicted octanol–water partition coefficient (Wildman–Crippen LogP) is 4.71. The Morgan fingerprint density at radius 3 is 2.37 bits per heavy atom. The molecule has 0 bridgehead atoms. The molecule has 0 radical (unpaired) electrons. The first-order valence-corrected chi connectivity index (χ1v) is 11.9. The lowest BCUT2D eigenvalue weighted by Crippen LogP contribution is -2.37. The van der Waals surface area contributed by atoms with Crippen molar-refractivity contribution in [3.63, 3.8) is 0 Å². The summed E-state index contributed by atoms with van der Waals surface area (Å²) < 4.78 is 10.6. The molecule has 0 aromatic heterocycles. The fourth-order valence-corrected chi connectivity index (χ4v) is 4.67. The molecule has 2 aromatic carbocycles. The van der Waals surface area contributed by atoms with Crippen molar-refractivity contribution < 1.29 is 23.9 Å². The minimum atomic E-state index is -0.509. The van der Waals surface area contributed by atoms with Crippen molar-refractivity contribution in [2.75, 3.05) is 19.0 Å². The normalized spacial score (nSPS) is 17.6. The second-order valence-electron chi connectivity index (χ2n) is 8.75. The number of hydrogen-bond acceptors (Lipinski definition) is 5. The van der Waals surface area contributed by atoms with Crippen molar-refractivity contribution in [2.45, 2.75) is 45.1 Å². The molecule has 4 rings (SSSR count). The zero-order valence-electron chi connectivity index (χ0n) is 20.1. The van der Waals surface area contributed by atoms with E-state index in [1.54, 1.807) is 47.4 Å². The third kappa shape index (κ3) is 5.62. The van der Waals surface area contributed by atoms with Gasteiger partial charge in [0.05, 0.1) is 18.3 Å². The molecule has 1 fully saturated rings. The molecular weight excluding hydrogens is 444 g/mol. The van der Waals surface area contributed by atoms with E-state index in [4.69, 9.17) is 9.47 Å². The molecule has 0 unspecified atom stereocenters.